The number of rotatable bonds is 4. The summed E-state index contributed by atoms with van der Waals surface area (Å²) >= 11 is 1.37. The molecule has 28 heavy (non-hydrogen) atoms. The molecule has 10 heteroatoms. The zero-order valence-electron chi connectivity index (χ0n) is 14.8. The summed E-state index contributed by atoms with van der Waals surface area (Å²) in [5.41, 5.74) is 0.869. The molecule has 3 aromatic heterocycles. The molecule has 9 nitrogen and oxygen atoms in total. The Kier molecular flexibility index (Phi) is 4.05. The molecule has 0 bridgehead atoms. The third-order valence-electron chi connectivity index (χ3n) is 4.93. The van der Waals surface area contributed by atoms with Crippen LogP contribution in [-0.2, 0) is 0 Å². The van der Waals surface area contributed by atoms with Gasteiger partial charge in [0.2, 0.25) is 17.5 Å². The highest BCUT2D eigenvalue weighted by Gasteiger charge is 2.36. The highest BCUT2D eigenvalue weighted by atomic mass is 32.1. The summed E-state index contributed by atoms with van der Waals surface area (Å²) in [5, 5.41) is 17.6. The average molecular weight is 396 g/mol. The normalized spacial score (nSPS) is 17.3. The molecule has 0 spiro atoms. The number of anilines is 1. The van der Waals surface area contributed by atoms with Crippen molar-refractivity contribution in [2.75, 3.05) is 11.4 Å². The zero-order chi connectivity index (χ0) is 19.1. The van der Waals surface area contributed by atoms with Gasteiger partial charge in [-0.2, -0.15) is 14.4 Å². The van der Waals surface area contributed by atoms with Crippen LogP contribution in [0.25, 0.3) is 16.3 Å². The van der Waals surface area contributed by atoms with Gasteiger partial charge in [0.1, 0.15) is 12.2 Å². The van der Waals surface area contributed by atoms with E-state index < -0.39 is 0 Å². The van der Waals surface area contributed by atoms with E-state index in [-0.39, 0.29) is 16.8 Å². The summed E-state index contributed by atoms with van der Waals surface area (Å²) in [7, 11) is 0. The molecule has 0 radical (unpaired) electrons. The second-order valence-corrected chi connectivity index (χ2v) is 7.47. The highest BCUT2D eigenvalue weighted by Crippen LogP contribution is 2.39. The van der Waals surface area contributed by atoms with Crippen molar-refractivity contribution in [1.82, 2.24) is 19.5 Å². The second kappa shape index (κ2) is 6.71. The van der Waals surface area contributed by atoms with E-state index in [1.165, 1.54) is 15.7 Å². The Morgan fingerprint density at radius 2 is 2.07 bits per heavy atom. The van der Waals surface area contributed by atoms with Crippen molar-refractivity contribution in [1.29, 1.82) is 0 Å². The molecule has 5 rings (SSSR count). The van der Waals surface area contributed by atoms with E-state index in [2.05, 4.69) is 15.1 Å². The number of thiazole rings is 1. The lowest BCUT2D eigenvalue weighted by molar-refractivity contribution is -0.389. The molecule has 1 aliphatic heterocycles. The Hall–Kier alpha value is -3.27. The van der Waals surface area contributed by atoms with Crippen LogP contribution in [-0.4, -0.2) is 31.0 Å². The standard InChI is InChI=1S/C18H16N6O3S/c25-24(26)17-15(20-18-23(17)10-11-28-18)22-9-5-4-8-13(22)16-19-14(21-27-16)12-6-2-1-3-7-12/h1-3,6-7,10-11,13H,4-5,8-9H2/t13-/m0/s1. The van der Waals surface area contributed by atoms with Crippen molar-refractivity contribution in [2.45, 2.75) is 25.3 Å². The Morgan fingerprint density at radius 3 is 2.89 bits per heavy atom. The van der Waals surface area contributed by atoms with Gasteiger partial charge < -0.3 is 19.5 Å². The molecule has 1 atom stereocenters. The summed E-state index contributed by atoms with van der Waals surface area (Å²) in [6, 6.07) is 9.36. The van der Waals surface area contributed by atoms with Gasteiger partial charge in [-0.05, 0) is 24.2 Å². The maximum atomic E-state index is 11.7. The first-order valence-electron chi connectivity index (χ1n) is 8.98. The fourth-order valence-electron chi connectivity index (χ4n) is 3.64. The summed E-state index contributed by atoms with van der Waals surface area (Å²) < 4.78 is 7.08. The number of hydrogen-bond donors (Lipinski definition) is 0. The molecule has 0 aliphatic carbocycles. The quantitative estimate of drug-likeness (QED) is 0.378. The molecule has 0 amide bonds. The van der Waals surface area contributed by atoms with Crippen LogP contribution in [0.1, 0.15) is 31.2 Å². The number of fused-ring (bicyclic) bond motifs is 1. The molecule has 1 aromatic carbocycles. The predicted octanol–water partition coefficient (Wildman–Crippen LogP) is 4.09. The first-order chi connectivity index (χ1) is 13.7. The molecule has 1 aliphatic rings. The van der Waals surface area contributed by atoms with E-state index in [1.54, 1.807) is 11.6 Å². The molecule has 1 fully saturated rings. The number of aromatic nitrogens is 4. The van der Waals surface area contributed by atoms with Crippen molar-refractivity contribution in [3.63, 3.8) is 0 Å². The van der Waals surface area contributed by atoms with Crippen LogP contribution in [0.3, 0.4) is 0 Å². The number of piperidine rings is 1. The van der Waals surface area contributed by atoms with Crippen molar-refractivity contribution in [3.05, 3.63) is 57.9 Å². The van der Waals surface area contributed by atoms with E-state index >= 15 is 0 Å². The maximum absolute atomic E-state index is 11.7. The summed E-state index contributed by atoms with van der Waals surface area (Å²) in [6.07, 6.45) is 4.37. The van der Waals surface area contributed by atoms with E-state index in [0.29, 0.717) is 29.0 Å². The van der Waals surface area contributed by atoms with Crippen molar-refractivity contribution in [2.24, 2.45) is 0 Å². The first kappa shape index (κ1) is 16.9. The van der Waals surface area contributed by atoms with Crippen molar-refractivity contribution >= 4 is 27.9 Å². The second-order valence-electron chi connectivity index (χ2n) is 6.60. The molecule has 0 unspecified atom stereocenters. The molecule has 1 saturated heterocycles. The summed E-state index contributed by atoms with van der Waals surface area (Å²) in [6.45, 7) is 0.652. The van der Waals surface area contributed by atoms with Gasteiger partial charge in [-0.3, -0.25) is 0 Å². The van der Waals surface area contributed by atoms with Crippen molar-refractivity contribution in [3.8, 4) is 11.4 Å². The first-order valence-corrected chi connectivity index (χ1v) is 9.86. The van der Waals surface area contributed by atoms with Gasteiger partial charge in [0.25, 0.3) is 4.96 Å². The van der Waals surface area contributed by atoms with Crippen LogP contribution in [0.15, 0.2) is 46.4 Å². The molecule has 0 N–H and O–H groups in total. The number of nitro groups is 1. The third-order valence-corrected chi connectivity index (χ3v) is 5.68. The topological polar surface area (TPSA) is 103 Å². The number of hydrogen-bond acceptors (Lipinski definition) is 8. The lowest BCUT2D eigenvalue weighted by atomic mass is 10.0. The van der Waals surface area contributed by atoms with Crippen LogP contribution in [0.2, 0.25) is 0 Å². The Morgan fingerprint density at radius 1 is 1.21 bits per heavy atom. The van der Waals surface area contributed by atoms with Crippen LogP contribution in [0, 0.1) is 10.1 Å². The van der Waals surface area contributed by atoms with E-state index in [9.17, 15) is 10.1 Å². The van der Waals surface area contributed by atoms with E-state index in [1.807, 2.05) is 35.2 Å². The van der Waals surface area contributed by atoms with Crippen LogP contribution in [0.5, 0.6) is 0 Å². The van der Waals surface area contributed by atoms with Gasteiger partial charge in [-0.1, -0.05) is 46.8 Å². The van der Waals surface area contributed by atoms with Crippen LogP contribution >= 0.6 is 11.3 Å². The monoisotopic (exact) mass is 396 g/mol. The number of nitrogens with zero attached hydrogens (tertiary/aromatic N) is 6. The largest absolute Gasteiger partial charge is 0.373 e. The van der Waals surface area contributed by atoms with Gasteiger partial charge in [0.05, 0.1) is 0 Å². The lowest BCUT2D eigenvalue weighted by Crippen LogP contribution is -2.34. The lowest BCUT2D eigenvalue weighted by Gasteiger charge is -2.32. The summed E-state index contributed by atoms with van der Waals surface area (Å²) in [5.74, 6) is 1.32. The minimum absolute atomic E-state index is 0.0223. The minimum Gasteiger partial charge on any atom is -0.358 e. The van der Waals surface area contributed by atoms with Crippen molar-refractivity contribution < 1.29 is 9.45 Å². The molecule has 142 valence electrons. The Bertz CT molecular complexity index is 1130. The molecule has 4 aromatic rings. The van der Waals surface area contributed by atoms with Gasteiger partial charge in [0, 0.05) is 17.5 Å². The number of benzene rings is 1. The predicted molar refractivity (Wildman–Crippen MR) is 103 cm³/mol. The van der Waals surface area contributed by atoms with Gasteiger partial charge in [-0.25, -0.2) is 0 Å². The molecular weight excluding hydrogens is 380 g/mol. The fraction of sp³-hybridized carbons (Fsp3) is 0.278. The third kappa shape index (κ3) is 2.73. The maximum Gasteiger partial charge on any atom is 0.373 e. The summed E-state index contributed by atoms with van der Waals surface area (Å²) in [4.78, 5) is 23.0. The van der Waals surface area contributed by atoms with E-state index in [0.717, 1.165) is 24.8 Å². The van der Waals surface area contributed by atoms with Gasteiger partial charge in [0.15, 0.2) is 0 Å². The SMILES string of the molecule is O=[N+]([O-])c1c(N2CCCC[C@H]2c2nc(-c3ccccc3)no2)nc2sccn12. The average Bonchev–Trinajstić information content (AvgIpc) is 3.44. The number of imidazole rings is 1. The molecular formula is C18H16N6O3S. The smallest absolute Gasteiger partial charge is 0.358 e. The minimum atomic E-state index is -0.378. The van der Waals surface area contributed by atoms with Crippen LogP contribution in [0.4, 0.5) is 11.6 Å². The fourth-order valence-corrected chi connectivity index (χ4v) is 4.35. The Balaban J connectivity index is 1.55. The van der Waals surface area contributed by atoms with Gasteiger partial charge >= 0.3 is 5.82 Å². The van der Waals surface area contributed by atoms with Gasteiger partial charge in [-0.15, -0.1) is 0 Å². The van der Waals surface area contributed by atoms with Crippen LogP contribution < -0.4 is 4.90 Å². The molecule has 0 saturated carbocycles. The zero-order valence-corrected chi connectivity index (χ0v) is 15.6. The highest BCUT2D eigenvalue weighted by molar-refractivity contribution is 7.15. The van der Waals surface area contributed by atoms with E-state index in [4.69, 9.17) is 4.52 Å². The molecule has 4 heterocycles. The Labute approximate surface area is 163 Å².